The summed E-state index contributed by atoms with van der Waals surface area (Å²) in [4.78, 5) is 30.8. The van der Waals surface area contributed by atoms with Crippen LogP contribution in [-0.4, -0.2) is 53.1 Å². The van der Waals surface area contributed by atoms with E-state index >= 15 is 0 Å². The molecule has 1 fully saturated rings. The van der Waals surface area contributed by atoms with E-state index in [0.29, 0.717) is 43.5 Å². The van der Waals surface area contributed by atoms with E-state index in [-0.39, 0.29) is 31.1 Å². The second-order valence-electron chi connectivity index (χ2n) is 9.62. The fraction of sp³-hybridized carbons (Fsp3) is 0.448. The zero-order valence-corrected chi connectivity index (χ0v) is 22.0. The first-order valence-corrected chi connectivity index (χ1v) is 12.8. The summed E-state index contributed by atoms with van der Waals surface area (Å²) in [6, 6.07) is 11.8. The number of hydrogen-bond donors (Lipinski definition) is 0. The quantitative estimate of drug-likeness (QED) is 0.225. The molecular weight excluding hydrogens is 470 g/mol. The minimum atomic E-state index is -0.808. The monoisotopic (exact) mass is 505 g/mol. The van der Waals surface area contributed by atoms with Crippen molar-refractivity contribution in [1.29, 1.82) is 0 Å². The third kappa shape index (κ3) is 5.81. The summed E-state index contributed by atoms with van der Waals surface area (Å²) in [5.41, 5.74) is 4.12. The maximum Gasteiger partial charge on any atom is 0.318 e. The summed E-state index contributed by atoms with van der Waals surface area (Å²) >= 11 is 0. The van der Waals surface area contributed by atoms with Crippen LogP contribution in [-0.2, 0) is 30.8 Å². The molecule has 0 aliphatic heterocycles. The van der Waals surface area contributed by atoms with Gasteiger partial charge >= 0.3 is 5.97 Å². The van der Waals surface area contributed by atoms with Crippen molar-refractivity contribution < 1.29 is 23.8 Å². The van der Waals surface area contributed by atoms with E-state index in [0.717, 1.165) is 22.5 Å². The van der Waals surface area contributed by atoms with Crippen LogP contribution in [0.15, 0.2) is 48.8 Å². The predicted molar refractivity (Wildman–Crippen MR) is 139 cm³/mol. The first kappa shape index (κ1) is 26.7. The largest absolute Gasteiger partial charge is 0.465 e. The van der Waals surface area contributed by atoms with Gasteiger partial charge in [0.05, 0.1) is 41.5 Å². The van der Waals surface area contributed by atoms with Crippen LogP contribution in [0, 0.1) is 13.8 Å². The van der Waals surface area contributed by atoms with Crippen molar-refractivity contribution in [3.8, 4) is 5.69 Å². The highest BCUT2D eigenvalue weighted by Gasteiger charge is 2.46. The van der Waals surface area contributed by atoms with Crippen LogP contribution in [0.2, 0.25) is 0 Å². The highest BCUT2D eigenvalue weighted by Crippen LogP contribution is 2.40. The molecule has 2 aromatic heterocycles. The molecule has 1 aliphatic carbocycles. The van der Waals surface area contributed by atoms with E-state index in [1.54, 1.807) is 24.2 Å². The lowest BCUT2D eigenvalue weighted by atomic mass is 9.70. The SMILES string of the molecule is CCOC(=O)C1(c2ccc(CC(=O)c3cnn(-c4ccc(C)cc4)c3C)cn2)CCC(OCOC)CC1. The Morgan fingerprint density at radius 3 is 2.41 bits per heavy atom. The van der Waals surface area contributed by atoms with Gasteiger partial charge in [0.1, 0.15) is 12.2 Å². The van der Waals surface area contributed by atoms with E-state index in [2.05, 4.69) is 10.1 Å². The molecule has 3 aromatic rings. The Morgan fingerprint density at radius 2 is 1.78 bits per heavy atom. The Hall–Kier alpha value is -3.36. The molecular formula is C29H35N3O5. The summed E-state index contributed by atoms with van der Waals surface area (Å²) < 4.78 is 18.0. The van der Waals surface area contributed by atoms with E-state index in [9.17, 15) is 9.59 Å². The first-order chi connectivity index (χ1) is 17.9. The maximum atomic E-state index is 13.1. The van der Waals surface area contributed by atoms with Crippen molar-refractivity contribution in [1.82, 2.24) is 14.8 Å². The van der Waals surface area contributed by atoms with Gasteiger partial charge in [-0.25, -0.2) is 4.68 Å². The number of rotatable bonds is 10. The molecule has 8 heteroatoms. The number of esters is 1. The van der Waals surface area contributed by atoms with Gasteiger partial charge in [0.15, 0.2) is 5.78 Å². The summed E-state index contributed by atoms with van der Waals surface area (Å²) in [5, 5.41) is 4.44. The Labute approximate surface area is 218 Å². The van der Waals surface area contributed by atoms with Gasteiger partial charge in [0.2, 0.25) is 0 Å². The number of carbonyl (C=O) groups is 2. The van der Waals surface area contributed by atoms with Gasteiger partial charge in [-0.3, -0.25) is 14.6 Å². The average molecular weight is 506 g/mol. The molecule has 8 nitrogen and oxygen atoms in total. The number of pyridine rings is 1. The molecule has 0 amide bonds. The van der Waals surface area contributed by atoms with Gasteiger partial charge in [-0.05, 0) is 70.2 Å². The zero-order valence-electron chi connectivity index (χ0n) is 22.0. The Kier molecular flexibility index (Phi) is 8.51. The fourth-order valence-corrected chi connectivity index (χ4v) is 4.97. The van der Waals surface area contributed by atoms with Crippen LogP contribution in [0.1, 0.15) is 65.5 Å². The minimum Gasteiger partial charge on any atom is -0.465 e. The minimum absolute atomic E-state index is 0.0266. The normalized spacial score (nSPS) is 19.5. The number of aromatic nitrogens is 3. The highest BCUT2D eigenvalue weighted by atomic mass is 16.7. The van der Waals surface area contributed by atoms with Crippen molar-refractivity contribution in [2.24, 2.45) is 0 Å². The smallest absolute Gasteiger partial charge is 0.318 e. The molecule has 1 aromatic carbocycles. The zero-order chi connectivity index (χ0) is 26.4. The van der Waals surface area contributed by atoms with Crippen LogP contribution < -0.4 is 0 Å². The van der Waals surface area contributed by atoms with Crippen molar-refractivity contribution in [2.75, 3.05) is 20.5 Å². The second kappa shape index (κ2) is 11.8. The molecule has 1 aliphatic rings. The van der Waals surface area contributed by atoms with Crippen molar-refractivity contribution in [2.45, 2.75) is 64.4 Å². The number of carbonyl (C=O) groups excluding carboxylic acids is 2. The molecule has 0 radical (unpaired) electrons. The van der Waals surface area contributed by atoms with Gasteiger partial charge in [0, 0.05) is 19.7 Å². The van der Waals surface area contributed by atoms with Gasteiger partial charge in [0.25, 0.3) is 0 Å². The molecule has 0 saturated heterocycles. The number of hydrogen-bond acceptors (Lipinski definition) is 7. The number of aryl methyl sites for hydroxylation is 1. The fourth-order valence-electron chi connectivity index (χ4n) is 4.97. The maximum absolute atomic E-state index is 13.1. The molecule has 0 N–H and O–H groups in total. The molecule has 37 heavy (non-hydrogen) atoms. The van der Waals surface area contributed by atoms with Gasteiger partial charge in [-0.1, -0.05) is 23.8 Å². The van der Waals surface area contributed by atoms with Crippen LogP contribution in [0.3, 0.4) is 0 Å². The summed E-state index contributed by atoms with van der Waals surface area (Å²) in [6.45, 7) is 6.29. The van der Waals surface area contributed by atoms with E-state index < -0.39 is 5.41 Å². The number of Topliss-reactive ketones (excluding diaryl/α,β-unsaturated/α-hetero) is 1. The van der Waals surface area contributed by atoms with Gasteiger partial charge < -0.3 is 14.2 Å². The average Bonchev–Trinajstić information content (AvgIpc) is 3.30. The Morgan fingerprint density at radius 1 is 1.05 bits per heavy atom. The van der Waals surface area contributed by atoms with Crippen molar-refractivity contribution in [3.05, 3.63) is 76.9 Å². The van der Waals surface area contributed by atoms with Crippen LogP contribution in [0.25, 0.3) is 5.69 Å². The van der Waals surface area contributed by atoms with Gasteiger partial charge in [-0.15, -0.1) is 0 Å². The van der Waals surface area contributed by atoms with Crippen LogP contribution in [0.4, 0.5) is 0 Å². The number of ketones is 1. The van der Waals surface area contributed by atoms with E-state index in [4.69, 9.17) is 14.2 Å². The Bertz CT molecular complexity index is 1210. The number of benzene rings is 1. The number of methoxy groups -OCH3 is 1. The first-order valence-electron chi connectivity index (χ1n) is 12.8. The summed E-state index contributed by atoms with van der Waals surface area (Å²) in [6.07, 6.45) is 6.17. The molecule has 0 atom stereocenters. The third-order valence-corrected chi connectivity index (χ3v) is 7.14. The summed E-state index contributed by atoms with van der Waals surface area (Å²) in [5.74, 6) is -0.281. The van der Waals surface area contributed by atoms with E-state index in [1.807, 2.05) is 57.2 Å². The highest BCUT2D eigenvalue weighted by molar-refractivity contribution is 5.98. The topological polar surface area (TPSA) is 92.5 Å². The van der Waals surface area contributed by atoms with Crippen molar-refractivity contribution in [3.63, 3.8) is 0 Å². The molecule has 0 bridgehead atoms. The standard InChI is InChI=1S/C29H35N3O5/c1-5-36-28(34)29(14-12-24(13-15-29)37-19-35-4)27-11-8-22(17-30-27)16-26(33)25-18-31-32(21(25)3)23-9-6-20(2)7-10-23/h6-11,17-18,24H,5,12-16,19H2,1-4H3. The molecule has 0 unspecified atom stereocenters. The van der Waals surface area contributed by atoms with Crippen LogP contribution >= 0.6 is 0 Å². The van der Waals surface area contributed by atoms with Crippen molar-refractivity contribution >= 4 is 11.8 Å². The molecule has 0 spiro atoms. The third-order valence-electron chi connectivity index (χ3n) is 7.14. The van der Waals surface area contributed by atoms with E-state index in [1.165, 1.54) is 0 Å². The molecule has 1 saturated carbocycles. The van der Waals surface area contributed by atoms with Gasteiger partial charge in [-0.2, -0.15) is 5.10 Å². The number of ether oxygens (including phenoxy) is 3. The lowest BCUT2D eigenvalue weighted by Gasteiger charge is -2.37. The lowest BCUT2D eigenvalue weighted by Crippen LogP contribution is -2.43. The molecule has 196 valence electrons. The predicted octanol–water partition coefficient (Wildman–Crippen LogP) is 4.67. The Balaban J connectivity index is 1.49. The summed E-state index contributed by atoms with van der Waals surface area (Å²) in [7, 11) is 1.60. The molecule has 4 rings (SSSR count). The molecule has 2 heterocycles. The second-order valence-corrected chi connectivity index (χ2v) is 9.62. The number of nitrogens with zero attached hydrogens (tertiary/aromatic N) is 3. The van der Waals surface area contributed by atoms with Crippen LogP contribution in [0.5, 0.6) is 0 Å². The lowest BCUT2D eigenvalue weighted by molar-refractivity contribution is -0.154.